The summed E-state index contributed by atoms with van der Waals surface area (Å²) in [4.78, 5) is 25.7. The number of thiazole rings is 1. The van der Waals surface area contributed by atoms with E-state index in [0.717, 1.165) is 28.4 Å². The molecule has 6 nitrogen and oxygen atoms in total. The van der Waals surface area contributed by atoms with Crippen LogP contribution < -0.4 is 10.2 Å². The third-order valence-electron chi connectivity index (χ3n) is 3.61. The number of carbonyl (C=O) groups excluding carboxylic acids is 1. The number of benzene rings is 1. The van der Waals surface area contributed by atoms with Gasteiger partial charge in [0.2, 0.25) is 0 Å². The molecule has 0 aliphatic rings. The minimum absolute atomic E-state index is 0.206. The summed E-state index contributed by atoms with van der Waals surface area (Å²) in [6.07, 6.45) is -1.33. The summed E-state index contributed by atoms with van der Waals surface area (Å²) < 4.78 is 51.5. The Labute approximate surface area is 160 Å². The van der Waals surface area contributed by atoms with Gasteiger partial charge in [-0.25, -0.2) is 32.5 Å². The van der Waals surface area contributed by atoms with Gasteiger partial charge in [0, 0.05) is 24.6 Å². The van der Waals surface area contributed by atoms with Gasteiger partial charge in [-0.2, -0.15) is 0 Å². The first kappa shape index (κ1) is 19.7. The van der Waals surface area contributed by atoms with Gasteiger partial charge in [0.25, 0.3) is 12.3 Å². The molecule has 1 N–H and O–H groups in total. The van der Waals surface area contributed by atoms with Gasteiger partial charge in [-0.05, 0) is 12.1 Å². The quantitative estimate of drug-likeness (QED) is 0.625. The normalized spacial score (nSPS) is 10.9. The number of alkyl halides is 2. The van der Waals surface area contributed by atoms with Crippen molar-refractivity contribution in [3.8, 4) is 11.4 Å². The summed E-state index contributed by atoms with van der Waals surface area (Å²) in [5.41, 5.74) is 0.464. The Balaban J connectivity index is 1.80. The van der Waals surface area contributed by atoms with E-state index in [-0.39, 0.29) is 16.5 Å². The van der Waals surface area contributed by atoms with Gasteiger partial charge in [-0.15, -0.1) is 11.3 Å². The van der Waals surface area contributed by atoms with Crippen LogP contribution in [-0.2, 0) is 0 Å². The Hall–Kier alpha value is -3.08. The SMILES string of the molecule is CN(C(=O)c1ccc(F)cc1F)c1nc(-c2cc(NCC(F)F)ncn2)cs1. The molecule has 3 rings (SSSR count). The highest BCUT2D eigenvalue weighted by Crippen LogP contribution is 2.27. The minimum Gasteiger partial charge on any atom is -0.364 e. The number of amides is 1. The molecule has 146 valence electrons. The third-order valence-corrected chi connectivity index (χ3v) is 4.53. The number of nitrogens with zero attached hydrogens (tertiary/aromatic N) is 4. The predicted molar refractivity (Wildman–Crippen MR) is 96.7 cm³/mol. The molecule has 0 fully saturated rings. The largest absolute Gasteiger partial charge is 0.364 e. The number of hydrogen-bond acceptors (Lipinski definition) is 6. The van der Waals surface area contributed by atoms with Crippen molar-refractivity contribution in [3.63, 3.8) is 0 Å². The van der Waals surface area contributed by atoms with Crippen molar-refractivity contribution in [2.24, 2.45) is 0 Å². The van der Waals surface area contributed by atoms with Crippen LogP contribution in [0.25, 0.3) is 11.4 Å². The average molecular weight is 411 g/mol. The fourth-order valence-corrected chi connectivity index (χ4v) is 3.02. The van der Waals surface area contributed by atoms with E-state index in [1.165, 1.54) is 19.4 Å². The molecule has 11 heteroatoms. The van der Waals surface area contributed by atoms with E-state index in [2.05, 4.69) is 20.3 Å². The number of rotatable bonds is 6. The fourth-order valence-electron chi connectivity index (χ4n) is 2.24. The van der Waals surface area contributed by atoms with E-state index in [1.807, 2.05) is 0 Å². The van der Waals surface area contributed by atoms with Gasteiger partial charge < -0.3 is 5.32 Å². The maximum absolute atomic E-state index is 13.8. The number of carbonyl (C=O) groups is 1. The van der Waals surface area contributed by atoms with Crippen molar-refractivity contribution in [2.45, 2.75) is 6.43 Å². The summed E-state index contributed by atoms with van der Waals surface area (Å²) >= 11 is 1.11. The van der Waals surface area contributed by atoms with E-state index in [1.54, 1.807) is 5.38 Å². The van der Waals surface area contributed by atoms with Crippen molar-refractivity contribution in [1.82, 2.24) is 15.0 Å². The molecule has 2 aromatic heterocycles. The summed E-state index contributed by atoms with van der Waals surface area (Å²) in [5, 5.41) is 4.34. The highest BCUT2D eigenvalue weighted by atomic mass is 32.1. The molecule has 0 unspecified atom stereocenters. The number of halogens is 4. The number of aromatic nitrogens is 3. The molecule has 0 aliphatic carbocycles. The van der Waals surface area contributed by atoms with Crippen LogP contribution in [0.4, 0.5) is 28.5 Å². The molecule has 1 aromatic carbocycles. The highest BCUT2D eigenvalue weighted by molar-refractivity contribution is 7.14. The topological polar surface area (TPSA) is 71.0 Å². The molecule has 0 saturated heterocycles. The molecule has 0 spiro atoms. The molecular formula is C17H13F4N5OS. The molecule has 1 amide bonds. The first-order valence-electron chi connectivity index (χ1n) is 7.88. The van der Waals surface area contributed by atoms with Crippen molar-refractivity contribution < 1.29 is 22.4 Å². The van der Waals surface area contributed by atoms with Gasteiger partial charge in [0.1, 0.15) is 29.5 Å². The van der Waals surface area contributed by atoms with E-state index < -0.39 is 30.5 Å². The lowest BCUT2D eigenvalue weighted by atomic mass is 10.2. The van der Waals surface area contributed by atoms with Crippen LogP contribution in [0.15, 0.2) is 36.0 Å². The van der Waals surface area contributed by atoms with Crippen LogP contribution in [0, 0.1) is 11.6 Å². The Morgan fingerprint density at radius 3 is 2.71 bits per heavy atom. The second-order valence-corrected chi connectivity index (χ2v) is 6.40. The first-order chi connectivity index (χ1) is 13.3. The molecule has 0 aliphatic heterocycles. The summed E-state index contributed by atoms with van der Waals surface area (Å²) in [6.45, 7) is -0.556. The lowest BCUT2D eigenvalue weighted by Gasteiger charge is -2.14. The van der Waals surface area contributed by atoms with Gasteiger partial charge >= 0.3 is 0 Å². The van der Waals surface area contributed by atoms with Crippen molar-refractivity contribution >= 4 is 28.2 Å². The van der Waals surface area contributed by atoms with E-state index >= 15 is 0 Å². The lowest BCUT2D eigenvalue weighted by molar-refractivity contribution is 0.0989. The Kier molecular flexibility index (Phi) is 5.83. The zero-order chi connectivity index (χ0) is 20.3. The fraction of sp³-hybridized carbons (Fsp3) is 0.176. The van der Waals surface area contributed by atoms with Crippen molar-refractivity contribution in [1.29, 1.82) is 0 Å². The summed E-state index contributed by atoms with van der Waals surface area (Å²) in [6, 6.07) is 4.13. The summed E-state index contributed by atoms with van der Waals surface area (Å²) in [7, 11) is 1.41. The van der Waals surface area contributed by atoms with Crippen molar-refractivity contribution in [2.75, 3.05) is 23.8 Å². The zero-order valence-electron chi connectivity index (χ0n) is 14.4. The van der Waals surface area contributed by atoms with Gasteiger partial charge in [-0.1, -0.05) is 0 Å². The number of anilines is 2. The Morgan fingerprint density at radius 1 is 1.21 bits per heavy atom. The molecule has 3 aromatic rings. The van der Waals surface area contributed by atoms with Crippen LogP contribution in [0.2, 0.25) is 0 Å². The predicted octanol–water partition coefficient (Wildman–Crippen LogP) is 3.83. The van der Waals surface area contributed by atoms with E-state index in [4.69, 9.17) is 0 Å². The molecule has 0 atom stereocenters. The molecule has 0 radical (unpaired) electrons. The number of hydrogen-bond donors (Lipinski definition) is 1. The van der Waals surface area contributed by atoms with Gasteiger partial charge in [0.05, 0.1) is 17.8 Å². The number of nitrogens with one attached hydrogen (secondary N) is 1. The van der Waals surface area contributed by atoms with E-state index in [9.17, 15) is 22.4 Å². The molecule has 0 saturated carbocycles. The van der Waals surface area contributed by atoms with Gasteiger partial charge in [0.15, 0.2) is 5.13 Å². The maximum atomic E-state index is 13.8. The minimum atomic E-state index is -2.53. The first-order valence-corrected chi connectivity index (χ1v) is 8.76. The lowest BCUT2D eigenvalue weighted by Crippen LogP contribution is -2.27. The monoisotopic (exact) mass is 411 g/mol. The summed E-state index contributed by atoms with van der Waals surface area (Å²) in [5.74, 6) is -2.24. The van der Waals surface area contributed by atoms with Crippen molar-refractivity contribution in [3.05, 3.63) is 53.2 Å². The second kappa shape index (κ2) is 8.30. The van der Waals surface area contributed by atoms with Crippen LogP contribution in [-0.4, -0.2) is 40.9 Å². The molecular weight excluding hydrogens is 398 g/mol. The van der Waals surface area contributed by atoms with Crippen LogP contribution in [0.5, 0.6) is 0 Å². The van der Waals surface area contributed by atoms with Crippen LogP contribution in [0.1, 0.15) is 10.4 Å². The highest BCUT2D eigenvalue weighted by Gasteiger charge is 2.21. The molecule has 2 heterocycles. The van der Waals surface area contributed by atoms with Crippen LogP contribution in [0.3, 0.4) is 0 Å². The van der Waals surface area contributed by atoms with E-state index in [0.29, 0.717) is 17.5 Å². The van der Waals surface area contributed by atoms with Gasteiger partial charge in [-0.3, -0.25) is 9.69 Å². The standard InChI is InChI=1S/C17H13F4N5OS/c1-26(16(27)10-3-2-9(18)4-11(10)19)17-25-13(7-28-17)12-5-15(24-8-23-12)22-6-14(20)21/h2-5,7-8,14H,6H2,1H3,(H,22,23,24). The average Bonchev–Trinajstić information content (AvgIpc) is 3.16. The molecule has 28 heavy (non-hydrogen) atoms. The zero-order valence-corrected chi connectivity index (χ0v) is 15.2. The maximum Gasteiger partial charge on any atom is 0.262 e. The van der Waals surface area contributed by atoms with Crippen LogP contribution >= 0.6 is 11.3 Å². The third kappa shape index (κ3) is 4.42. The molecule has 0 bridgehead atoms. The smallest absolute Gasteiger partial charge is 0.262 e. The second-order valence-electron chi connectivity index (χ2n) is 5.56. The Bertz CT molecular complexity index is 997. The Morgan fingerprint density at radius 2 is 2.00 bits per heavy atom.